The SMILES string of the molecule is O=C(N[C@H](Cc1ccccc1)C(=O)N1CCOC1=O)OCc1ccccc1. The topological polar surface area (TPSA) is 84.9 Å². The number of rotatable bonds is 6. The van der Waals surface area contributed by atoms with E-state index in [0.717, 1.165) is 16.0 Å². The van der Waals surface area contributed by atoms with Gasteiger partial charge in [0.2, 0.25) is 0 Å². The average molecular weight is 368 g/mol. The summed E-state index contributed by atoms with van der Waals surface area (Å²) in [7, 11) is 0. The summed E-state index contributed by atoms with van der Waals surface area (Å²) in [5.41, 5.74) is 1.69. The van der Waals surface area contributed by atoms with E-state index in [1.54, 1.807) is 0 Å². The van der Waals surface area contributed by atoms with Crippen molar-refractivity contribution in [2.45, 2.75) is 19.1 Å². The van der Waals surface area contributed by atoms with Crippen LogP contribution >= 0.6 is 0 Å². The number of hydrogen-bond donors (Lipinski definition) is 1. The first-order chi connectivity index (χ1) is 13.1. The van der Waals surface area contributed by atoms with Gasteiger partial charge in [-0.05, 0) is 11.1 Å². The number of hydrogen-bond acceptors (Lipinski definition) is 5. The minimum atomic E-state index is -0.929. The molecule has 1 aliphatic heterocycles. The third kappa shape index (κ3) is 5.07. The maximum Gasteiger partial charge on any atom is 0.416 e. The monoisotopic (exact) mass is 368 g/mol. The molecule has 0 unspecified atom stereocenters. The molecule has 7 heteroatoms. The first-order valence-corrected chi connectivity index (χ1v) is 8.63. The van der Waals surface area contributed by atoms with E-state index < -0.39 is 24.1 Å². The summed E-state index contributed by atoms with van der Waals surface area (Å²) >= 11 is 0. The fraction of sp³-hybridized carbons (Fsp3) is 0.250. The third-order valence-electron chi connectivity index (χ3n) is 4.11. The fourth-order valence-electron chi connectivity index (χ4n) is 2.74. The van der Waals surface area contributed by atoms with E-state index >= 15 is 0 Å². The number of carbonyl (C=O) groups excluding carboxylic acids is 3. The van der Waals surface area contributed by atoms with E-state index in [0.29, 0.717) is 0 Å². The molecule has 0 spiro atoms. The number of nitrogens with one attached hydrogen (secondary N) is 1. The van der Waals surface area contributed by atoms with Gasteiger partial charge in [-0.25, -0.2) is 14.5 Å². The molecular formula is C20H20N2O5. The van der Waals surface area contributed by atoms with Crippen molar-refractivity contribution in [2.75, 3.05) is 13.2 Å². The van der Waals surface area contributed by atoms with Crippen LogP contribution in [0.25, 0.3) is 0 Å². The predicted octanol–water partition coefficient (Wildman–Crippen LogP) is 2.50. The van der Waals surface area contributed by atoms with Crippen LogP contribution in [0.1, 0.15) is 11.1 Å². The van der Waals surface area contributed by atoms with Gasteiger partial charge in [-0.1, -0.05) is 60.7 Å². The number of amides is 3. The van der Waals surface area contributed by atoms with Crippen molar-refractivity contribution in [2.24, 2.45) is 0 Å². The first-order valence-electron chi connectivity index (χ1n) is 8.63. The Morgan fingerprint density at radius 2 is 1.67 bits per heavy atom. The lowest BCUT2D eigenvalue weighted by Gasteiger charge is -2.21. The maximum atomic E-state index is 12.7. The molecule has 1 N–H and O–H groups in total. The molecule has 0 radical (unpaired) electrons. The van der Waals surface area contributed by atoms with Gasteiger partial charge in [0, 0.05) is 6.42 Å². The number of alkyl carbamates (subject to hydrolysis) is 1. The fourth-order valence-corrected chi connectivity index (χ4v) is 2.74. The second-order valence-corrected chi connectivity index (χ2v) is 6.05. The molecule has 0 bridgehead atoms. The average Bonchev–Trinajstić information content (AvgIpc) is 3.13. The van der Waals surface area contributed by atoms with E-state index in [9.17, 15) is 14.4 Å². The molecule has 3 rings (SSSR count). The molecule has 0 aliphatic carbocycles. The van der Waals surface area contributed by atoms with Crippen molar-refractivity contribution in [3.8, 4) is 0 Å². The van der Waals surface area contributed by atoms with Gasteiger partial charge in [0.1, 0.15) is 19.3 Å². The van der Waals surface area contributed by atoms with E-state index in [1.165, 1.54) is 0 Å². The van der Waals surface area contributed by atoms with Gasteiger partial charge in [-0.3, -0.25) is 4.79 Å². The highest BCUT2D eigenvalue weighted by molar-refractivity contribution is 5.97. The summed E-state index contributed by atoms with van der Waals surface area (Å²) in [5, 5.41) is 2.57. The van der Waals surface area contributed by atoms with Crippen LogP contribution in [0.3, 0.4) is 0 Å². The summed E-state index contributed by atoms with van der Waals surface area (Å²) in [4.78, 5) is 37.6. The zero-order chi connectivity index (χ0) is 19.1. The molecular weight excluding hydrogens is 348 g/mol. The minimum absolute atomic E-state index is 0.0880. The molecule has 1 heterocycles. The van der Waals surface area contributed by atoms with Crippen LogP contribution in [0.2, 0.25) is 0 Å². The number of imide groups is 1. The lowest BCUT2D eigenvalue weighted by atomic mass is 10.1. The lowest BCUT2D eigenvalue weighted by molar-refractivity contribution is -0.129. The van der Waals surface area contributed by atoms with Crippen molar-refractivity contribution < 1.29 is 23.9 Å². The van der Waals surface area contributed by atoms with Crippen LogP contribution in [-0.2, 0) is 27.3 Å². The maximum absolute atomic E-state index is 12.7. The number of benzene rings is 2. The predicted molar refractivity (Wildman–Crippen MR) is 96.8 cm³/mol. The summed E-state index contributed by atoms with van der Waals surface area (Å²) in [6.07, 6.45) is -1.18. The summed E-state index contributed by atoms with van der Waals surface area (Å²) in [5.74, 6) is -0.516. The first kappa shape index (κ1) is 18.4. The smallest absolute Gasteiger partial charge is 0.416 e. The van der Waals surface area contributed by atoms with Gasteiger partial charge in [-0.15, -0.1) is 0 Å². The highest BCUT2D eigenvalue weighted by Gasteiger charge is 2.34. The van der Waals surface area contributed by atoms with Crippen molar-refractivity contribution in [1.29, 1.82) is 0 Å². The molecule has 0 saturated carbocycles. The molecule has 27 heavy (non-hydrogen) atoms. The molecule has 1 fully saturated rings. The van der Waals surface area contributed by atoms with E-state index in [-0.39, 0.29) is 26.2 Å². The second kappa shape index (κ2) is 8.84. The van der Waals surface area contributed by atoms with Crippen LogP contribution in [0.5, 0.6) is 0 Å². The Morgan fingerprint density at radius 1 is 1.04 bits per heavy atom. The van der Waals surface area contributed by atoms with Crippen molar-refractivity contribution in [3.05, 3.63) is 71.8 Å². The van der Waals surface area contributed by atoms with E-state index in [1.807, 2.05) is 60.7 Å². The summed E-state index contributed by atoms with van der Waals surface area (Å²) < 4.78 is 10.0. The standard InChI is InChI=1S/C20H20N2O5/c23-18(22-11-12-26-20(22)25)17(13-15-7-3-1-4-8-15)21-19(24)27-14-16-9-5-2-6-10-16/h1-10,17H,11-14H2,(H,21,24)/t17-/m1/s1. The van der Waals surface area contributed by atoms with Gasteiger partial charge < -0.3 is 14.8 Å². The lowest BCUT2D eigenvalue weighted by Crippen LogP contribution is -2.50. The van der Waals surface area contributed by atoms with Crippen molar-refractivity contribution in [1.82, 2.24) is 10.2 Å². The Hall–Kier alpha value is -3.35. The molecule has 1 saturated heterocycles. The van der Waals surface area contributed by atoms with E-state index in [2.05, 4.69) is 5.32 Å². The summed E-state index contributed by atoms with van der Waals surface area (Å²) in [6, 6.07) is 17.5. The third-order valence-corrected chi connectivity index (χ3v) is 4.11. The highest BCUT2D eigenvalue weighted by Crippen LogP contribution is 2.11. The molecule has 3 amide bonds. The molecule has 0 aromatic heterocycles. The van der Waals surface area contributed by atoms with Crippen molar-refractivity contribution in [3.63, 3.8) is 0 Å². The zero-order valence-corrected chi connectivity index (χ0v) is 14.7. The number of carbonyl (C=O) groups is 3. The van der Waals surface area contributed by atoms with Crippen LogP contribution in [0.4, 0.5) is 9.59 Å². The van der Waals surface area contributed by atoms with Gasteiger partial charge in [0.05, 0.1) is 6.54 Å². The molecule has 1 aliphatic rings. The van der Waals surface area contributed by atoms with E-state index in [4.69, 9.17) is 9.47 Å². The quantitative estimate of drug-likeness (QED) is 0.847. The van der Waals surface area contributed by atoms with Gasteiger partial charge >= 0.3 is 12.2 Å². The van der Waals surface area contributed by atoms with Gasteiger partial charge in [-0.2, -0.15) is 0 Å². The van der Waals surface area contributed by atoms with Crippen molar-refractivity contribution >= 4 is 18.1 Å². The molecule has 7 nitrogen and oxygen atoms in total. The van der Waals surface area contributed by atoms with Gasteiger partial charge in [0.15, 0.2) is 0 Å². The van der Waals surface area contributed by atoms with Crippen LogP contribution < -0.4 is 5.32 Å². The Balaban J connectivity index is 1.66. The number of ether oxygens (including phenoxy) is 2. The van der Waals surface area contributed by atoms with Gasteiger partial charge in [0.25, 0.3) is 5.91 Å². The largest absolute Gasteiger partial charge is 0.447 e. The zero-order valence-electron chi connectivity index (χ0n) is 14.7. The molecule has 2 aromatic carbocycles. The molecule has 1 atom stereocenters. The van der Waals surface area contributed by atoms with Crippen LogP contribution in [0, 0.1) is 0 Å². The number of nitrogens with zero attached hydrogens (tertiary/aromatic N) is 1. The molecule has 2 aromatic rings. The minimum Gasteiger partial charge on any atom is -0.447 e. The Bertz CT molecular complexity index is 795. The van der Waals surface area contributed by atoms with Crippen LogP contribution in [-0.4, -0.2) is 42.2 Å². The molecule has 140 valence electrons. The highest BCUT2D eigenvalue weighted by atomic mass is 16.6. The normalized spacial score (nSPS) is 14.4. The Kier molecular flexibility index (Phi) is 6.04. The second-order valence-electron chi connectivity index (χ2n) is 6.05. The number of cyclic esters (lactones) is 1. The Morgan fingerprint density at radius 3 is 2.26 bits per heavy atom. The Labute approximate surface area is 156 Å². The van der Waals surface area contributed by atoms with Crippen LogP contribution in [0.15, 0.2) is 60.7 Å². The summed E-state index contributed by atoms with van der Waals surface area (Å²) in [6.45, 7) is 0.412.